The summed E-state index contributed by atoms with van der Waals surface area (Å²) in [4.78, 5) is 37.2. The lowest BCUT2D eigenvalue weighted by molar-refractivity contribution is -0.107. The molecule has 2 heterocycles. The molecule has 3 rings (SSSR count). The van der Waals surface area contributed by atoms with Crippen LogP contribution in [0.15, 0.2) is 31.4 Å². The van der Waals surface area contributed by atoms with Gasteiger partial charge in [0, 0.05) is 27.7 Å². The third-order valence-corrected chi connectivity index (χ3v) is 5.82. The second kappa shape index (κ2) is 18.5. The smallest absolute Gasteiger partial charge is 0.410 e. The monoisotopic (exact) mass is 556 g/mol. The molecular formula is C28H42ClFN2O4S. The van der Waals surface area contributed by atoms with Crippen molar-refractivity contribution >= 4 is 41.2 Å². The molecule has 1 aliphatic heterocycles. The number of carbonyl (C=O) groups is 3. The molecule has 0 saturated carbocycles. The summed E-state index contributed by atoms with van der Waals surface area (Å²) in [6, 6.07) is 4.26. The second-order valence-corrected chi connectivity index (χ2v) is 9.80. The molecule has 1 aliphatic rings. The average Bonchev–Trinajstić information content (AvgIpc) is 3.19. The molecular weight excluding hydrogens is 515 g/mol. The van der Waals surface area contributed by atoms with Crippen LogP contribution in [0.5, 0.6) is 0 Å². The maximum atomic E-state index is 12.8. The molecule has 208 valence electrons. The van der Waals surface area contributed by atoms with Crippen molar-refractivity contribution in [3.05, 3.63) is 68.6 Å². The molecule has 1 aromatic heterocycles. The summed E-state index contributed by atoms with van der Waals surface area (Å²) in [5, 5.41) is 0.345. The lowest BCUT2D eigenvalue weighted by atomic mass is 10.0. The molecule has 0 saturated heterocycles. The van der Waals surface area contributed by atoms with Gasteiger partial charge in [0.1, 0.15) is 17.7 Å². The van der Waals surface area contributed by atoms with Crippen molar-refractivity contribution in [1.82, 2.24) is 4.90 Å². The van der Waals surface area contributed by atoms with Gasteiger partial charge in [-0.2, -0.15) is 0 Å². The van der Waals surface area contributed by atoms with Gasteiger partial charge in [-0.3, -0.25) is 4.79 Å². The highest BCUT2D eigenvalue weighted by Crippen LogP contribution is 2.33. The van der Waals surface area contributed by atoms with Gasteiger partial charge in [-0.05, 0) is 57.4 Å². The maximum absolute atomic E-state index is 12.8. The van der Waals surface area contributed by atoms with E-state index >= 15 is 0 Å². The van der Waals surface area contributed by atoms with Crippen LogP contribution in [0.3, 0.4) is 0 Å². The van der Waals surface area contributed by atoms with Crippen molar-refractivity contribution in [1.29, 1.82) is 0 Å². The predicted octanol–water partition coefficient (Wildman–Crippen LogP) is 7.52. The first-order valence-corrected chi connectivity index (χ1v) is 13.4. The highest BCUT2D eigenvalue weighted by atomic mass is 35.5. The Bertz CT molecular complexity index is 1000. The van der Waals surface area contributed by atoms with E-state index in [1.165, 1.54) is 23.5 Å². The number of thiophene rings is 1. The Kier molecular flexibility index (Phi) is 18.2. The standard InChI is InChI=1S/C14H20N2O3S.C8H6ClFO.2C2H6.C2H4/c1-8-11(12(15)17)9-5-6-16(7-10(9)20-8)13(18)19-14(2,3)4;9-7-2-1-6(3-4-11)8(10)5-7;3*1-2/h5-7H2,1-4H3,(H2,15,17);1-2,4-5H,3H2;2*1-2H3;1-2H2. The molecule has 0 bridgehead atoms. The van der Waals surface area contributed by atoms with E-state index in [1.54, 1.807) is 11.0 Å². The minimum absolute atomic E-state index is 0.100. The van der Waals surface area contributed by atoms with Gasteiger partial charge in [0.2, 0.25) is 5.91 Å². The van der Waals surface area contributed by atoms with Crippen LogP contribution in [0.25, 0.3) is 0 Å². The van der Waals surface area contributed by atoms with Crippen LogP contribution in [0.2, 0.25) is 5.02 Å². The Labute approximate surface area is 230 Å². The number of aryl methyl sites for hydroxylation is 1. The minimum Gasteiger partial charge on any atom is -0.444 e. The lowest BCUT2D eigenvalue weighted by Gasteiger charge is -2.30. The van der Waals surface area contributed by atoms with Crippen molar-refractivity contribution in [3.63, 3.8) is 0 Å². The Hall–Kier alpha value is -2.71. The van der Waals surface area contributed by atoms with Gasteiger partial charge in [-0.25, -0.2) is 9.18 Å². The zero-order chi connectivity index (χ0) is 29.3. The number of hydrogen-bond acceptors (Lipinski definition) is 5. The van der Waals surface area contributed by atoms with Crippen LogP contribution in [0.4, 0.5) is 9.18 Å². The fraction of sp³-hybridized carbons (Fsp3) is 0.464. The van der Waals surface area contributed by atoms with Gasteiger partial charge >= 0.3 is 6.09 Å². The van der Waals surface area contributed by atoms with Crippen molar-refractivity contribution in [2.24, 2.45) is 5.73 Å². The number of carbonyl (C=O) groups excluding carboxylic acids is 3. The van der Waals surface area contributed by atoms with Gasteiger partial charge in [-0.1, -0.05) is 45.4 Å². The number of amides is 2. The Morgan fingerprint density at radius 3 is 2.24 bits per heavy atom. The number of nitrogens with zero attached hydrogens (tertiary/aromatic N) is 1. The molecule has 0 radical (unpaired) electrons. The zero-order valence-corrected chi connectivity index (χ0v) is 24.9. The quantitative estimate of drug-likeness (QED) is 0.312. The highest BCUT2D eigenvalue weighted by molar-refractivity contribution is 7.12. The summed E-state index contributed by atoms with van der Waals surface area (Å²) in [5.41, 5.74) is 6.94. The number of primary amides is 1. The van der Waals surface area contributed by atoms with Gasteiger partial charge in [0.15, 0.2) is 0 Å². The molecule has 0 spiro atoms. The van der Waals surface area contributed by atoms with E-state index in [0.717, 1.165) is 15.3 Å². The zero-order valence-electron chi connectivity index (χ0n) is 23.4. The summed E-state index contributed by atoms with van der Waals surface area (Å²) in [5.74, 6) is -0.810. The summed E-state index contributed by atoms with van der Waals surface area (Å²) in [6.07, 6.45) is 1.10. The summed E-state index contributed by atoms with van der Waals surface area (Å²) in [7, 11) is 0. The van der Waals surface area contributed by atoms with E-state index in [-0.39, 0.29) is 18.4 Å². The van der Waals surface area contributed by atoms with E-state index in [4.69, 9.17) is 22.1 Å². The van der Waals surface area contributed by atoms with E-state index in [0.29, 0.717) is 41.9 Å². The minimum atomic E-state index is -0.499. The number of ether oxygens (including phenoxy) is 1. The number of aldehydes is 1. The summed E-state index contributed by atoms with van der Waals surface area (Å²) in [6.45, 7) is 22.5. The number of fused-ring (bicyclic) bond motifs is 1. The van der Waals surface area contributed by atoms with Crippen molar-refractivity contribution < 1.29 is 23.5 Å². The number of benzene rings is 1. The van der Waals surface area contributed by atoms with Crippen LogP contribution in [0.1, 0.15) is 79.7 Å². The van der Waals surface area contributed by atoms with Crippen LogP contribution in [0, 0.1) is 12.7 Å². The summed E-state index contributed by atoms with van der Waals surface area (Å²) >= 11 is 7.02. The molecule has 2 N–H and O–H groups in total. The first kappa shape index (κ1) is 36.4. The van der Waals surface area contributed by atoms with Crippen LogP contribution in [-0.4, -0.2) is 35.3 Å². The Morgan fingerprint density at radius 2 is 1.78 bits per heavy atom. The van der Waals surface area contributed by atoms with Crippen molar-refractivity contribution in [3.8, 4) is 0 Å². The van der Waals surface area contributed by atoms with Crippen LogP contribution < -0.4 is 5.73 Å². The number of halogens is 2. The maximum Gasteiger partial charge on any atom is 0.410 e. The molecule has 0 fully saturated rings. The van der Waals surface area contributed by atoms with E-state index in [9.17, 15) is 18.8 Å². The molecule has 6 nitrogen and oxygen atoms in total. The predicted molar refractivity (Wildman–Crippen MR) is 153 cm³/mol. The van der Waals surface area contributed by atoms with Gasteiger partial charge in [-0.15, -0.1) is 24.5 Å². The molecule has 2 aromatic rings. The third-order valence-electron chi connectivity index (χ3n) is 4.45. The van der Waals surface area contributed by atoms with Crippen LogP contribution in [-0.2, 0) is 28.9 Å². The summed E-state index contributed by atoms with van der Waals surface area (Å²) < 4.78 is 18.2. The molecule has 37 heavy (non-hydrogen) atoms. The SMILES string of the molecule is C=C.CC.CC.Cc1sc2c(c1C(N)=O)CCN(C(=O)OC(C)(C)C)C2.O=CCc1ccc(Cl)cc1F. The molecule has 9 heteroatoms. The van der Waals surface area contributed by atoms with Crippen molar-refractivity contribution in [2.75, 3.05) is 6.54 Å². The lowest BCUT2D eigenvalue weighted by Crippen LogP contribution is -2.39. The number of nitrogens with two attached hydrogens (primary N) is 1. The van der Waals surface area contributed by atoms with Crippen LogP contribution >= 0.6 is 22.9 Å². The largest absolute Gasteiger partial charge is 0.444 e. The molecule has 1 aromatic carbocycles. The Balaban J connectivity index is 0. The Morgan fingerprint density at radius 1 is 1.22 bits per heavy atom. The topological polar surface area (TPSA) is 89.7 Å². The van der Waals surface area contributed by atoms with Gasteiger partial charge < -0.3 is 20.2 Å². The van der Waals surface area contributed by atoms with Gasteiger partial charge in [0.05, 0.1) is 12.1 Å². The fourth-order valence-corrected chi connectivity index (χ4v) is 4.52. The van der Waals surface area contributed by atoms with Crippen molar-refractivity contribution in [2.45, 2.75) is 80.4 Å². The first-order valence-electron chi connectivity index (χ1n) is 12.2. The second-order valence-electron chi connectivity index (χ2n) is 8.06. The van der Waals surface area contributed by atoms with E-state index < -0.39 is 11.4 Å². The van der Waals surface area contributed by atoms with E-state index in [2.05, 4.69) is 13.2 Å². The third kappa shape index (κ3) is 12.4. The van der Waals surface area contributed by atoms with Gasteiger partial charge in [0.25, 0.3) is 0 Å². The average molecular weight is 557 g/mol. The highest BCUT2D eigenvalue weighted by Gasteiger charge is 2.29. The number of rotatable bonds is 3. The fourth-order valence-electron chi connectivity index (χ4n) is 3.12. The molecule has 0 aliphatic carbocycles. The first-order chi connectivity index (χ1) is 17.4. The molecule has 0 unspecified atom stereocenters. The molecule has 0 atom stereocenters. The van der Waals surface area contributed by atoms with E-state index in [1.807, 2.05) is 55.4 Å². The number of hydrogen-bond donors (Lipinski definition) is 1. The normalized spacial score (nSPS) is 11.4. The molecule has 2 amide bonds.